The number of benzene rings is 1. The number of amides is 1. The van der Waals surface area contributed by atoms with Gasteiger partial charge in [-0.15, -0.1) is 23.1 Å². The third kappa shape index (κ3) is 6.39. The summed E-state index contributed by atoms with van der Waals surface area (Å²) in [5.74, 6) is 0.0125. The summed E-state index contributed by atoms with van der Waals surface area (Å²) < 4.78 is 6.14. The molecule has 0 bridgehead atoms. The molecule has 0 radical (unpaired) electrons. The van der Waals surface area contributed by atoms with Crippen LogP contribution < -0.4 is 10.6 Å². The number of aromatic nitrogens is 1. The molecular weight excluding hydrogens is 366 g/mol. The maximum Gasteiger partial charge on any atom is 0.226 e. The monoisotopic (exact) mass is 393 g/mol. The van der Waals surface area contributed by atoms with E-state index in [1.54, 1.807) is 30.2 Å². The minimum atomic E-state index is 0.0125. The van der Waals surface area contributed by atoms with E-state index in [0.29, 0.717) is 24.8 Å². The van der Waals surface area contributed by atoms with E-state index in [2.05, 4.69) is 30.5 Å². The number of hydrogen-bond acceptors (Lipinski definition) is 6. The molecule has 1 aromatic heterocycles. The molecule has 26 heavy (non-hydrogen) atoms. The van der Waals surface area contributed by atoms with Gasteiger partial charge in [0.1, 0.15) is 5.01 Å². The van der Waals surface area contributed by atoms with E-state index in [-0.39, 0.29) is 5.91 Å². The van der Waals surface area contributed by atoms with Crippen molar-refractivity contribution in [2.75, 3.05) is 26.8 Å². The number of nitrogens with zero attached hydrogens (tertiary/aromatic N) is 1. The van der Waals surface area contributed by atoms with Crippen LogP contribution in [0.2, 0.25) is 0 Å². The minimum absolute atomic E-state index is 0.0125. The zero-order valence-corrected chi connectivity index (χ0v) is 17.4. The number of allylic oxidation sites excluding steroid dienone is 1. The lowest BCUT2D eigenvalue weighted by Gasteiger charge is -2.14. The number of methoxy groups -OCH3 is 1. The van der Waals surface area contributed by atoms with E-state index in [1.165, 1.54) is 0 Å². The number of carbonyl (C=O) groups is 1. The highest BCUT2D eigenvalue weighted by Gasteiger charge is 2.14. The van der Waals surface area contributed by atoms with Gasteiger partial charge < -0.3 is 15.4 Å². The first kappa shape index (κ1) is 20.9. The first-order valence-electron chi connectivity index (χ1n) is 8.74. The second kappa shape index (κ2) is 10.7. The number of hydrogen-bond donors (Lipinski definition) is 2. The lowest BCUT2D eigenvalue weighted by Crippen LogP contribution is -2.28. The van der Waals surface area contributed by atoms with Gasteiger partial charge in [-0.25, -0.2) is 4.98 Å². The summed E-state index contributed by atoms with van der Waals surface area (Å²) in [6.07, 6.45) is 0.430. The smallest absolute Gasteiger partial charge is 0.226 e. The number of para-hydroxylation sites is 1. The number of fused-ring (bicyclic) bond motifs is 1. The fraction of sp³-hybridized carbons (Fsp3) is 0.474. The van der Waals surface area contributed by atoms with E-state index in [0.717, 1.165) is 32.4 Å². The fourth-order valence-electron chi connectivity index (χ4n) is 2.27. The molecule has 0 aliphatic heterocycles. The fourth-order valence-corrected chi connectivity index (χ4v) is 4.22. The van der Waals surface area contributed by atoms with Crippen LogP contribution in [-0.2, 0) is 9.53 Å². The van der Waals surface area contributed by atoms with Crippen molar-refractivity contribution in [3.8, 4) is 0 Å². The number of rotatable bonds is 10. The standard InChI is InChI=1S/C19H27N3O2S2/c1-13(2)25-19(22-17(23)9-10-20-11-12-24-4)14(3)18-21-15-7-5-6-8-16(15)26-18/h5-8,13,20H,9-12H2,1-4H3,(H,22,23)/b19-14+. The quantitative estimate of drug-likeness (QED) is 0.600. The first-order valence-corrected chi connectivity index (χ1v) is 10.4. The van der Waals surface area contributed by atoms with Crippen LogP contribution in [0.3, 0.4) is 0 Å². The van der Waals surface area contributed by atoms with Gasteiger partial charge in [-0.2, -0.15) is 0 Å². The normalized spacial score (nSPS) is 12.5. The van der Waals surface area contributed by atoms with E-state index in [9.17, 15) is 4.79 Å². The summed E-state index contributed by atoms with van der Waals surface area (Å²) in [5, 5.41) is 8.48. The SMILES string of the molecule is COCCNCCC(=O)N/C(SC(C)C)=C(/C)c1nc2ccccc2s1. The predicted molar refractivity (Wildman–Crippen MR) is 112 cm³/mol. The summed E-state index contributed by atoms with van der Waals surface area (Å²) in [7, 11) is 1.67. The van der Waals surface area contributed by atoms with Gasteiger partial charge in [-0.1, -0.05) is 26.0 Å². The van der Waals surface area contributed by atoms with Crippen LogP contribution in [0.4, 0.5) is 0 Å². The molecule has 0 unspecified atom stereocenters. The second-order valence-corrected chi connectivity index (χ2v) is 8.77. The topological polar surface area (TPSA) is 63.2 Å². The van der Waals surface area contributed by atoms with Crippen molar-refractivity contribution in [1.29, 1.82) is 0 Å². The lowest BCUT2D eigenvalue weighted by atomic mass is 10.3. The molecule has 0 aliphatic rings. The van der Waals surface area contributed by atoms with Crippen molar-refractivity contribution >= 4 is 44.8 Å². The number of thioether (sulfide) groups is 1. The zero-order chi connectivity index (χ0) is 18.9. The molecule has 7 heteroatoms. The highest BCUT2D eigenvalue weighted by Crippen LogP contribution is 2.32. The Bertz CT molecular complexity index is 723. The van der Waals surface area contributed by atoms with Gasteiger partial charge in [0.15, 0.2) is 0 Å². The van der Waals surface area contributed by atoms with Crippen molar-refractivity contribution in [2.24, 2.45) is 0 Å². The van der Waals surface area contributed by atoms with Gasteiger partial charge in [0.25, 0.3) is 0 Å². The van der Waals surface area contributed by atoms with Crippen LogP contribution in [-0.4, -0.2) is 42.9 Å². The molecule has 1 amide bonds. The molecule has 0 saturated carbocycles. The lowest BCUT2D eigenvalue weighted by molar-refractivity contribution is -0.120. The third-order valence-corrected chi connectivity index (χ3v) is 5.84. The number of nitrogens with one attached hydrogen (secondary N) is 2. The summed E-state index contributed by atoms with van der Waals surface area (Å²) in [5.41, 5.74) is 2.01. The van der Waals surface area contributed by atoms with Gasteiger partial charge in [-0.3, -0.25) is 4.79 Å². The largest absolute Gasteiger partial charge is 0.383 e. The molecule has 142 valence electrons. The molecular formula is C19H27N3O2S2. The Morgan fingerprint density at radius 2 is 2.08 bits per heavy atom. The molecule has 2 N–H and O–H groups in total. The van der Waals surface area contributed by atoms with E-state index in [1.807, 2.05) is 25.1 Å². The van der Waals surface area contributed by atoms with E-state index >= 15 is 0 Å². The summed E-state index contributed by atoms with van der Waals surface area (Å²) in [6.45, 7) is 8.29. The van der Waals surface area contributed by atoms with Crippen molar-refractivity contribution in [2.45, 2.75) is 32.4 Å². The molecule has 1 heterocycles. The Hall–Kier alpha value is -1.41. The zero-order valence-electron chi connectivity index (χ0n) is 15.8. The molecule has 5 nitrogen and oxygen atoms in total. The van der Waals surface area contributed by atoms with Gasteiger partial charge in [0, 0.05) is 37.4 Å². The molecule has 2 rings (SSSR count). The average Bonchev–Trinajstić information content (AvgIpc) is 3.04. The number of thiazole rings is 1. The van der Waals surface area contributed by atoms with Gasteiger partial charge in [0.2, 0.25) is 5.91 Å². The molecule has 0 spiro atoms. The van der Waals surface area contributed by atoms with Crippen molar-refractivity contribution in [1.82, 2.24) is 15.6 Å². The Morgan fingerprint density at radius 3 is 2.77 bits per heavy atom. The van der Waals surface area contributed by atoms with Gasteiger partial charge >= 0.3 is 0 Å². The highest BCUT2D eigenvalue weighted by molar-refractivity contribution is 8.03. The molecule has 0 aliphatic carbocycles. The minimum Gasteiger partial charge on any atom is -0.383 e. The Labute approximate surface area is 163 Å². The summed E-state index contributed by atoms with van der Waals surface area (Å²) >= 11 is 3.32. The highest BCUT2D eigenvalue weighted by atomic mass is 32.2. The Balaban J connectivity index is 2.09. The van der Waals surface area contributed by atoms with Gasteiger partial charge in [-0.05, 0) is 19.1 Å². The molecule has 1 aromatic carbocycles. The van der Waals surface area contributed by atoms with Crippen molar-refractivity contribution in [3.63, 3.8) is 0 Å². The molecule has 2 aromatic rings. The average molecular weight is 394 g/mol. The van der Waals surface area contributed by atoms with Crippen LogP contribution in [0.1, 0.15) is 32.2 Å². The molecule has 0 saturated heterocycles. The Kier molecular flexibility index (Phi) is 8.58. The van der Waals surface area contributed by atoms with E-state index < -0.39 is 0 Å². The van der Waals surface area contributed by atoms with Crippen molar-refractivity contribution in [3.05, 3.63) is 34.3 Å². The maximum atomic E-state index is 12.3. The van der Waals surface area contributed by atoms with Crippen LogP contribution in [0.15, 0.2) is 29.3 Å². The van der Waals surface area contributed by atoms with Crippen molar-refractivity contribution < 1.29 is 9.53 Å². The Morgan fingerprint density at radius 1 is 1.31 bits per heavy atom. The van der Waals surface area contributed by atoms with Gasteiger partial charge in [0.05, 0.1) is 21.9 Å². The van der Waals surface area contributed by atoms with Crippen LogP contribution >= 0.6 is 23.1 Å². The summed E-state index contributed by atoms with van der Waals surface area (Å²) in [4.78, 5) is 17.0. The van der Waals surface area contributed by atoms with Crippen LogP contribution in [0.25, 0.3) is 15.8 Å². The number of ether oxygens (including phenoxy) is 1. The van der Waals surface area contributed by atoms with Crippen LogP contribution in [0.5, 0.6) is 0 Å². The molecule has 0 fully saturated rings. The first-order chi connectivity index (χ1) is 12.5. The third-order valence-electron chi connectivity index (χ3n) is 3.57. The number of carbonyl (C=O) groups excluding carboxylic acids is 1. The predicted octanol–water partition coefficient (Wildman–Crippen LogP) is 3.87. The second-order valence-electron chi connectivity index (χ2n) is 6.15. The molecule has 0 atom stereocenters. The maximum absolute atomic E-state index is 12.3. The van der Waals surface area contributed by atoms with E-state index in [4.69, 9.17) is 9.72 Å². The van der Waals surface area contributed by atoms with Crippen LogP contribution in [0, 0.1) is 0 Å². The summed E-state index contributed by atoms with van der Waals surface area (Å²) in [6, 6.07) is 8.10.